The molecule has 1 fully saturated rings. The number of hydrogen-bond acceptors (Lipinski definition) is 4. The fourth-order valence-corrected chi connectivity index (χ4v) is 3.52. The average molecular weight is 355 g/mol. The lowest BCUT2D eigenvalue weighted by molar-refractivity contribution is 0.0912. The van der Waals surface area contributed by atoms with Crippen LogP contribution in [0.1, 0.15) is 54.9 Å². The van der Waals surface area contributed by atoms with Crippen molar-refractivity contribution in [1.82, 2.24) is 25.0 Å². The maximum Gasteiger partial charge on any atom is 0.251 e. The zero-order valence-corrected chi connectivity index (χ0v) is 15.6. The summed E-state index contributed by atoms with van der Waals surface area (Å²) in [5, 5.41) is 7.23. The van der Waals surface area contributed by atoms with Crippen LogP contribution in [0.2, 0.25) is 0 Å². The number of carbonyl (C=O) groups is 1. The van der Waals surface area contributed by atoms with Gasteiger partial charge in [-0.15, -0.1) is 0 Å². The lowest BCUT2D eigenvalue weighted by Gasteiger charge is -2.35. The van der Waals surface area contributed by atoms with Gasteiger partial charge in [-0.05, 0) is 50.0 Å². The van der Waals surface area contributed by atoms with Crippen LogP contribution >= 0.6 is 0 Å². The predicted octanol–water partition coefficient (Wildman–Crippen LogP) is 2.71. The van der Waals surface area contributed by atoms with E-state index >= 15 is 0 Å². The predicted molar refractivity (Wildman–Crippen MR) is 102 cm³/mol. The third kappa shape index (κ3) is 5.14. The van der Waals surface area contributed by atoms with Gasteiger partial charge in [-0.2, -0.15) is 5.10 Å². The Morgan fingerprint density at radius 1 is 1.27 bits per heavy atom. The van der Waals surface area contributed by atoms with Crippen LogP contribution in [0.25, 0.3) is 0 Å². The minimum Gasteiger partial charge on any atom is -0.350 e. The highest BCUT2D eigenvalue weighted by Gasteiger charge is 2.22. The molecule has 0 aliphatic carbocycles. The highest BCUT2D eigenvalue weighted by atomic mass is 16.1. The van der Waals surface area contributed by atoms with E-state index in [-0.39, 0.29) is 5.91 Å². The van der Waals surface area contributed by atoms with E-state index < -0.39 is 0 Å². The fourth-order valence-electron chi connectivity index (χ4n) is 3.52. The second-order valence-electron chi connectivity index (χ2n) is 7.04. The highest BCUT2D eigenvalue weighted by Crippen LogP contribution is 2.17. The van der Waals surface area contributed by atoms with Crippen LogP contribution in [0.3, 0.4) is 0 Å². The van der Waals surface area contributed by atoms with E-state index in [0.29, 0.717) is 18.2 Å². The van der Waals surface area contributed by atoms with E-state index in [1.165, 1.54) is 38.4 Å². The summed E-state index contributed by atoms with van der Waals surface area (Å²) in [4.78, 5) is 19.0. The van der Waals surface area contributed by atoms with Crippen molar-refractivity contribution in [2.24, 2.45) is 0 Å². The SMILES string of the molecule is CCCCN1CCCC[C@H]1CNC(=O)c1ccc(Cn2cncn2)cc1. The Hall–Kier alpha value is -2.21. The number of aromatic nitrogens is 3. The van der Waals surface area contributed by atoms with Crippen molar-refractivity contribution in [3.8, 4) is 0 Å². The molecule has 1 saturated heterocycles. The molecule has 0 unspecified atom stereocenters. The smallest absolute Gasteiger partial charge is 0.251 e. The van der Waals surface area contributed by atoms with E-state index in [4.69, 9.17) is 0 Å². The van der Waals surface area contributed by atoms with E-state index in [1.807, 2.05) is 24.3 Å². The zero-order valence-electron chi connectivity index (χ0n) is 15.6. The van der Waals surface area contributed by atoms with Gasteiger partial charge in [0.2, 0.25) is 0 Å². The highest BCUT2D eigenvalue weighted by molar-refractivity contribution is 5.94. The normalized spacial score (nSPS) is 18.0. The van der Waals surface area contributed by atoms with Gasteiger partial charge < -0.3 is 5.32 Å². The molecule has 1 aromatic heterocycles. The van der Waals surface area contributed by atoms with Gasteiger partial charge in [-0.1, -0.05) is 31.9 Å². The van der Waals surface area contributed by atoms with Crippen molar-refractivity contribution in [2.75, 3.05) is 19.6 Å². The topological polar surface area (TPSA) is 63.1 Å². The molecule has 0 bridgehead atoms. The largest absolute Gasteiger partial charge is 0.350 e. The van der Waals surface area contributed by atoms with E-state index in [9.17, 15) is 4.79 Å². The maximum atomic E-state index is 12.5. The number of benzene rings is 1. The minimum atomic E-state index is 0.0123. The molecule has 2 heterocycles. The summed E-state index contributed by atoms with van der Waals surface area (Å²) >= 11 is 0. The standard InChI is InChI=1S/C20H29N5O/c1-2-3-11-24-12-5-4-6-19(24)13-22-20(26)18-9-7-17(8-10-18)14-25-16-21-15-23-25/h7-10,15-16,19H,2-6,11-14H2,1H3,(H,22,26)/t19-/m0/s1. The van der Waals surface area contributed by atoms with Crippen molar-refractivity contribution >= 4 is 5.91 Å². The van der Waals surface area contributed by atoms with Crippen molar-refractivity contribution in [3.63, 3.8) is 0 Å². The minimum absolute atomic E-state index is 0.0123. The van der Waals surface area contributed by atoms with Gasteiger partial charge in [0.15, 0.2) is 0 Å². The molecule has 1 atom stereocenters. The number of amides is 1. The van der Waals surface area contributed by atoms with Crippen LogP contribution in [0.4, 0.5) is 0 Å². The summed E-state index contributed by atoms with van der Waals surface area (Å²) in [6.07, 6.45) is 9.39. The summed E-state index contributed by atoms with van der Waals surface area (Å²) in [7, 11) is 0. The van der Waals surface area contributed by atoms with Gasteiger partial charge in [0.1, 0.15) is 12.7 Å². The van der Waals surface area contributed by atoms with Crippen molar-refractivity contribution in [2.45, 2.75) is 51.6 Å². The quantitative estimate of drug-likeness (QED) is 0.791. The molecule has 0 radical (unpaired) electrons. The molecule has 1 N–H and O–H groups in total. The van der Waals surface area contributed by atoms with E-state index in [2.05, 4.69) is 27.2 Å². The Morgan fingerprint density at radius 3 is 2.85 bits per heavy atom. The molecule has 0 saturated carbocycles. The second kappa shape index (κ2) is 9.48. The Kier molecular flexibility index (Phi) is 6.77. The third-order valence-electron chi connectivity index (χ3n) is 5.07. The van der Waals surface area contributed by atoms with Gasteiger partial charge in [0.25, 0.3) is 5.91 Å². The van der Waals surface area contributed by atoms with Crippen LogP contribution < -0.4 is 5.32 Å². The number of unbranched alkanes of at least 4 members (excludes halogenated alkanes) is 1. The zero-order chi connectivity index (χ0) is 18.2. The lowest BCUT2D eigenvalue weighted by atomic mass is 10.0. The van der Waals surface area contributed by atoms with Gasteiger partial charge in [0, 0.05) is 18.2 Å². The summed E-state index contributed by atoms with van der Waals surface area (Å²) < 4.78 is 1.77. The first-order valence-corrected chi connectivity index (χ1v) is 9.70. The molecule has 3 rings (SSSR count). The molecular formula is C20H29N5O. The Bertz CT molecular complexity index is 668. The van der Waals surface area contributed by atoms with Crippen LogP contribution in [-0.4, -0.2) is 51.2 Å². The molecule has 26 heavy (non-hydrogen) atoms. The van der Waals surface area contributed by atoms with Crippen LogP contribution in [0.5, 0.6) is 0 Å². The van der Waals surface area contributed by atoms with Crippen LogP contribution in [-0.2, 0) is 6.54 Å². The summed E-state index contributed by atoms with van der Waals surface area (Å²) in [5.74, 6) is 0.0123. The Morgan fingerprint density at radius 2 is 2.12 bits per heavy atom. The Labute approximate surface area is 155 Å². The third-order valence-corrected chi connectivity index (χ3v) is 5.07. The van der Waals surface area contributed by atoms with Gasteiger partial charge in [0.05, 0.1) is 6.54 Å². The molecule has 1 aliphatic rings. The van der Waals surface area contributed by atoms with Gasteiger partial charge in [-0.25, -0.2) is 9.67 Å². The molecule has 1 amide bonds. The van der Waals surface area contributed by atoms with Crippen molar-refractivity contribution < 1.29 is 4.79 Å². The number of nitrogens with one attached hydrogen (secondary N) is 1. The Balaban J connectivity index is 1.50. The number of likely N-dealkylation sites (tertiary alicyclic amines) is 1. The summed E-state index contributed by atoms with van der Waals surface area (Å²) in [6, 6.07) is 8.20. The number of piperidine rings is 1. The molecular weight excluding hydrogens is 326 g/mol. The van der Waals surface area contributed by atoms with Crippen LogP contribution in [0, 0.1) is 0 Å². The molecule has 140 valence electrons. The first-order valence-electron chi connectivity index (χ1n) is 9.70. The van der Waals surface area contributed by atoms with Gasteiger partial charge in [-0.3, -0.25) is 9.69 Å². The number of rotatable bonds is 8. The molecule has 6 heteroatoms. The molecule has 1 aromatic carbocycles. The first-order chi connectivity index (χ1) is 12.8. The summed E-state index contributed by atoms with van der Waals surface area (Å²) in [5.41, 5.74) is 1.81. The number of carbonyl (C=O) groups excluding carboxylic acids is 1. The monoisotopic (exact) mass is 355 g/mol. The number of hydrogen-bond donors (Lipinski definition) is 1. The summed E-state index contributed by atoms with van der Waals surface area (Å²) in [6.45, 7) is 5.94. The van der Waals surface area contributed by atoms with Crippen molar-refractivity contribution in [3.05, 3.63) is 48.0 Å². The maximum absolute atomic E-state index is 12.5. The second-order valence-corrected chi connectivity index (χ2v) is 7.04. The molecule has 1 aliphatic heterocycles. The molecule has 6 nitrogen and oxygen atoms in total. The first kappa shape index (κ1) is 18.6. The van der Waals surface area contributed by atoms with Gasteiger partial charge >= 0.3 is 0 Å². The van der Waals surface area contributed by atoms with Crippen molar-refractivity contribution in [1.29, 1.82) is 0 Å². The molecule has 2 aromatic rings. The molecule has 0 spiro atoms. The lowest BCUT2D eigenvalue weighted by Crippen LogP contribution is -2.47. The van der Waals surface area contributed by atoms with E-state index in [0.717, 1.165) is 25.2 Å². The van der Waals surface area contributed by atoms with E-state index in [1.54, 1.807) is 11.0 Å². The average Bonchev–Trinajstić information content (AvgIpc) is 3.18. The number of nitrogens with zero attached hydrogens (tertiary/aromatic N) is 4. The fraction of sp³-hybridized carbons (Fsp3) is 0.550. The van der Waals surface area contributed by atoms with Crippen LogP contribution in [0.15, 0.2) is 36.9 Å².